The average molecular weight is 400 g/mol. The second-order valence-electron chi connectivity index (χ2n) is 7.55. The van der Waals surface area contributed by atoms with Crippen LogP contribution in [-0.2, 0) is 11.2 Å². The topological polar surface area (TPSA) is 35.6 Å². The SMILES string of the molecule is CN1CCN(C(CNC(=O)CCCc2ccc(Cl)cc2)c2ccccc2)CC1. The summed E-state index contributed by atoms with van der Waals surface area (Å²) in [6, 6.07) is 18.6. The number of carbonyl (C=O) groups is 1. The predicted molar refractivity (Wildman–Crippen MR) is 116 cm³/mol. The largest absolute Gasteiger partial charge is 0.354 e. The third-order valence-electron chi connectivity index (χ3n) is 5.44. The summed E-state index contributed by atoms with van der Waals surface area (Å²) >= 11 is 5.92. The van der Waals surface area contributed by atoms with E-state index < -0.39 is 0 Å². The Kier molecular flexibility index (Phi) is 7.90. The zero-order valence-corrected chi connectivity index (χ0v) is 17.4. The van der Waals surface area contributed by atoms with Gasteiger partial charge in [-0.05, 0) is 43.1 Å². The first kappa shape index (κ1) is 20.8. The normalized spacial score (nSPS) is 16.6. The molecule has 1 aliphatic rings. The van der Waals surface area contributed by atoms with Crippen molar-refractivity contribution in [3.63, 3.8) is 0 Å². The van der Waals surface area contributed by atoms with Gasteiger partial charge in [0.15, 0.2) is 0 Å². The highest BCUT2D eigenvalue weighted by Crippen LogP contribution is 2.21. The van der Waals surface area contributed by atoms with Crippen LogP contribution in [-0.4, -0.2) is 55.5 Å². The standard InChI is InChI=1S/C23H30ClN3O/c1-26-14-16-27(17-15-26)22(20-7-3-2-4-8-20)18-25-23(28)9-5-6-19-10-12-21(24)13-11-19/h2-4,7-8,10-13,22H,5-6,9,14-18H2,1H3,(H,25,28). The number of hydrogen-bond acceptors (Lipinski definition) is 3. The van der Waals surface area contributed by atoms with Crippen molar-refractivity contribution in [2.75, 3.05) is 39.8 Å². The molecule has 1 fully saturated rings. The van der Waals surface area contributed by atoms with E-state index in [2.05, 4.69) is 46.4 Å². The number of benzene rings is 2. The quantitative estimate of drug-likeness (QED) is 0.734. The summed E-state index contributed by atoms with van der Waals surface area (Å²) in [7, 11) is 2.16. The van der Waals surface area contributed by atoms with Gasteiger partial charge in [0.05, 0.1) is 6.04 Å². The Morgan fingerprint density at radius 1 is 1.04 bits per heavy atom. The highest BCUT2D eigenvalue weighted by atomic mass is 35.5. The van der Waals surface area contributed by atoms with Crippen LogP contribution in [0.25, 0.3) is 0 Å². The molecule has 0 aromatic heterocycles. The monoisotopic (exact) mass is 399 g/mol. The fraction of sp³-hybridized carbons (Fsp3) is 0.435. The molecule has 1 N–H and O–H groups in total. The van der Waals surface area contributed by atoms with Crippen LogP contribution in [0.2, 0.25) is 5.02 Å². The van der Waals surface area contributed by atoms with Gasteiger partial charge in [0.1, 0.15) is 0 Å². The molecular formula is C23H30ClN3O. The molecule has 1 amide bonds. The predicted octanol–water partition coefficient (Wildman–Crippen LogP) is 3.77. The van der Waals surface area contributed by atoms with E-state index in [1.54, 1.807) is 0 Å². The van der Waals surface area contributed by atoms with Crippen molar-refractivity contribution < 1.29 is 4.79 Å². The van der Waals surface area contributed by atoms with Crippen LogP contribution >= 0.6 is 11.6 Å². The molecule has 2 aromatic rings. The maximum Gasteiger partial charge on any atom is 0.220 e. The molecule has 0 bridgehead atoms. The first-order valence-electron chi connectivity index (χ1n) is 10.1. The van der Waals surface area contributed by atoms with Gasteiger partial charge in [-0.3, -0.25) is 9.69 Å². The van der Waals surface area contributed by atoms with Crippen LogP contribution < -0.4 is 5.32 Å². The van der Waals surface area contributed by atoms with Gasteiger partial charge in [-0.25, -0.2) is 0 Å². The zero-order chi connectivity index (χ0) is 19.8. The van der Waals surface area contributed by atoms with Crippen molar-refractivity contribution in [1.82, 2.24) is 15.1 Å². The number of nitrogens with zero attached hydrogens (tertiary/aromatic N) is 2. The third kappa shape index (κ3) is 6.33. The molecule has 0 saturated carbocycles. The lowest BCUT2D eigenvalue weighted by Gasteiger charge is -2.38. The van der Waals surface area contributed by atoms with E-state index in [1.807, 2.05) is 30.3 Å². The zero-order valence-electron chi connectivity index (χ0n) is 16.6. The summed E-state index contributed by atoms with van der Waals surface area (Å²) in [5.74, 6) is 0.129. The number of nitrogens with one attached hydrogen (secondary N) is 1. The lowest BCUT2D eigenvalue weighted by atomic mass is 10.0. The smallest absolute Gasteiger partial charge is 0.220 e. The number of aryl methyl sites for hydroxylation is 1. The molecule has 4 nitrogen and oxygen atoms in total. The minimum atomic E-state index is 0.129. The molecule has 1 saturated heterocycles. The number of hydrogen-bond donors (Lipinski definition) is 1. The van der Waals surface area contributed by atoms with Crippen LogP contribution in [0.5, 0.6) is 0 Å². The van der Waals surface area contributed by atoms with E-state index >= 15 is 0 Å². The molecule has 1 heterocycles. The van der Waals surface area contributed by atoms with E-state index in [0.29, 0.717) is 13.0 Å². The molecule has 0 spiro atoms. The van der Waals surface area contributed by atoms with Gasteiger partial charge in [0.25, 0.3) is 0 Å². The molecule has 2 aromatic carbocycles. The number of halogens is 1. The Hall–Kier alpha value is -1.88. The van der Waals surface area contributed by atoms with Crippen LogP contribution in [0.15, 0.2) is 54.6 Å². The highest BCUT2D eigenvalue weighted by molar-refractivity contribution is 6.30. The van der Waals surface area contributed by atoms with Gasteiger partial charge in [0, 0.05) is 44.2 Å². The minimum absolute atomic E-state index is 0.129. The lowest BCUT2D eigenvalue weighted by molar-refractivity contribution is -0.121. The summed E-state index contributed by atoms with van der Waals surface area (Å²) < 4.78 is 0. The van der Waals surface area contributed by atoms with E-state index in [9.17, 15) is 4.79 Å². The number of amides is 1. The Morgan fingerprint density at radius 3 is 2.39 bits per heavy atom. The number of rotatable bonds is 8. The maximum absolute atomic E-state index is 12.4. The summed E-state index contributed by atoms with van der Waals surface area (Å²) in [5, 5.41) is 3.92. The Bertz CT molecular complexity index is 727. The van der Waals surface area contributed by atoms with Crippen molar-refractivity contribution in [2.45, 2.75) is 25.3 Å². The molecule has 28 heavy (non-hydrogen) atoms. The van der Waals surface area contributed by atoms with Crippen molar-refractivity contribution in [1.29, 1.82) is 0 Å². The second kappa shape index (κ2) is 10.6. The van der Waals surface area contributed by atoms with Crippen LogP contribution in [0, 0.1) is 0 Å². The van der Waals surface area contributed by atoms with E-state index in [-0.39, 0.29) is 11.9 Å². The third-order valence-corrected chi connectivity index (χ3v) is 5.69. The van der Waals surface area contributed by atoms with Crippen LogP contribution in [0.3, 0.4) is 0 Å². The molecule has 150 valence electrons. The van der Waals surface area contributed by atoms with Gasteiger partial charge < -0.3 is 10.2 Å². The summed E-state index contributed by atoms with van der Waals surface area (Å²) in [5.41, 5.74) is 2.49. The van der Waals surface area contributed by atoms with Gasteiger partial charge in [-0.2, -0.15) is 0 Å². The molecule has 1 unspecified atom stereocenters. The van der Waals surface area contributed by atoms with Gasteiger partial charge in [0.2, 0.25) is 5.91 Å². The Morgan fingerprint density at radius 2 is 1.71 bits per heavy atom. The van der Waals surface area contributed by atoms with Gasteiger partial charge in [-0.1, -0.05) is 54.1 Å². The highest BCUT2D eigenvalue weighted by Gasteiger charge is 2.24. The molecule has 3 rings (SSSR count). The van der Waals surface area contributed by atoms with Crippen LogP contribution in [0.4, 0.5) is 0 Å². The molecular weight excluding hydrogens is 370 g/mol. The van der Waals surface area contributed by atoms with Gasteiger partial charge in [-0.15, -0.1) is 0 Å². The van der Waals surface area contributed by atoms with Crippen molar-refractivity contribution in [3.8, 4) is 0 Å². The summed E-state index contributed by atoms with van der Waals surface area (Å²) in [6.45, 7) is 4.86. The maximum atomic E-state index is 12.4. The molecule has 1 aliphatic heterocycles. The van der Waals surface area contributed by atoms with Crippen molar-refractivity contribution >= 4 is 17.5 Å². The van der Waals surface area contributed by atoms with E-state index in [0.717, 1.165) is 44.0 Å². The fourth-order valence-corrected chi connectivity index (χ4v) is 3.80. The lowest BCUT2D eigenvalue weighted by Crippen LogP contribution is -2.48. The Labute approximate surface area is 173 Å². The van der Waals surface area contributed by atoms with Crippen molar-refractivity contribution in [2.24, 2.45) is 0 Å². The fourth-order valence-electron chi connectivity index (χ4n) is 3.67. The average Bonchev–Trinajstić information content (AvgIpc) is 2.72. The molecule has 1 atom stereocenters. The van der Waals surface area contributed by atoms with Crippen molar-refractivity contribution in [3.05, 3.63) is 70.7 Å². The number of piperazine rings is 1. The summed E-state index contributed by atoms with van der Waals surface area (Å²) in [4.78, 5) is 17.2. The number of carbonyl (C=O) groups excluding carboxylic acids is 1. The second-order valence-corrected chi connectivity index (χ2v) is 7.99. The molecule has 0 radical (unpaired) electrons. The van der Waals surface area contributed by atoms with E-state index in [4.69, 9.17) is 11.6 Å². The molecule has 0 aliphatic carbocycles. The summed E-state index contributed by atoms with van der Waals surface area (Å²) in [6.07, 6.45) is 2.29. The minimum Gasteiger partial charge on any atom is -0.354 e. The first-order chi connectivity index (χ1) is 13.6. The Balaban J connectivity index is 1.49. The van der Waals surface area contributed by atoms with E-state index in [1.165, 1.54) is 11.1 Å². The number of likely N-dealkylation sites (N-methyl/N-ethyl adjacent to an activating group) is 1. The first-order valence-corrected chi connectivity index (χ1v) is 10.5. The molecule has 5 heteroatoms. The van der Waals surface area contributed by atoms with Gasteiger partial charge >= 0.3 is 0 Å². The van der Waals surface area contributed by atoms with Crippen LogP contribution in [0.1, 0.15) is 30.0 Å².